The lowest BCUT2D eigenvalue weighted by Gasteiger charge is -2.17. The molecule has 0 bridgehead atoms. The molecule has 10 N–H and O–H groups in total. The van der Waals surface area contributed by atoms with Gasteiger partial charge in [0.2, 0.25) is 5.69 Å². The van der Waals surface area contributed by atoms with Crippen LogP contribution in [-0.2, 0) is 0 Å². The van der Waals surface area contributed by atoms with Crippen LogP contribution in [0.2, 0.25) is 0 Å². The molecule has 0 atom stereocenters. The van der Waals surface area contributed by atoms with Gasteiger partial charge in [-0.2, -0.15) is 0 Å². The minimum atomic E-state index is -0.0712. The van der Waals surface area contributed by atoms with E-state index in [1.807, 2.05) is 98.5 Å². The normalized spacial score (nSPS) is 14.7. The maximum atomic E-state index is 12.9. The maximum absolute atomic E-state index is 12.9. The van der Waals surface area contributed by atoms with Crippen molar-refractivity contribution in [3.05, 3.63) is 142 Å². The first-order chi connectivity index (χ1) is 33.3. The first-order valence-electron chi connectivity index (χ1n) is 24.6. The third-order valence-electron chi connectivity index (χ3n) is 12.7. The third-order valence-corrected chi connectivity index (χ3v) is 12.7. The Morgan fingerprint density at radius 2 is 1.14 bits per heavy atom. The van der Waals surface area contributed by atoms with Crippen LogP contribution < -0.4 is 38.1 Å². The Hall–Kier alpha value is -7.05. The molecule has 0 heterocycles. The number of quaternary nitrogens is 1. The Balaban J connectivity index is 0.817. The lowest BCUT2D eigenvalue weighted by molar-refractivity contribution is -0.538. The number of nitrogens with two attached hydrogens (primary N) is 3. The van der Waals surface area contributed by atoms with Gasteiger partial charge in [-0.05, 0) is 135 Å². The highest BCUT2D eigenvalue weighted by Crippen LogP contribution is 2.34. The summed E-state index contributed by atoms with van der Waals surface area (Å²) < 4.78 is 1.86. The number of benzene rings is 4. The second kappa shape index (κ2) is 25.4. The number of allylic oxidation sites excluding steroid dienone is 6. The van der Waals surface area contributed by atoms with Crippen molar-refractivity contribution >= 4 is 64.1 Å². The number of unbranched alkanes of at least 4 members (excludes halogenated alkanes) is 6. The highest BCUT2D eigenvalue weighted by Gasteiger charge is 2.17. The minimum Gasteiger partial charge on any atom is -0.399 e. The van der Waals surface area contributed by atoms with Gasteiger partial charge in [-0.3, -0.25) is 9.59 Å². The first-order valence-corrected chi connectivity index (χ1v) is 24.6. The van der Waals surface area contributed by atoms with Crippen LogP contribution in [0.3, 0.4) is 0 Å². The van der Waals surface area contributed by atoms with E-state index in [1.165, 1.54) is 11.3 Å². The first kappa shape index (κ1) is 51.3. The molecule has 0 radical (unpaired) electrons. The SMILES string of the molecule is C=[N+](C)c1cc(NCCCCCCNC(=O)c2ccc(-c3ccc(C(=O)NCCCCCCNC4=CCC(=Nc5cc(C)c(N)cc5[NH2+]C)C=C4C)cc3)cc2)c(C)cc1N=C1C=C(C)C(N)=CC1. The molecule has 362 valence electrons. The highest BCUT2D eigenvalue weighted by molar-refractivity contribution is 6.01. The number of anilines is 2. The van der Waals surface area contributed by atoms with Gasteiger partial charge in [0.25, 0.3) is 11.8 Å². The van der Waals surface area contributed by atoms with Gasteiger partial charge >= 0.3 is 0 Å². The second-order valence-electron chi connectivity index (χ2n) is 18.3. The fourth-order valence-electron chi connectivity index (χ4n) is 8.41. The molecule has 0 fully saturated rings. The number of aryl methyl sites for hydroxylation is 2. The summed E-state index contributed by atoms with van der Waals surface area (Å²) >= 11 is 0. The molecule has 0 aromatic heterocycles. The van der Waals surface area contributed by atoms with Crippen molar-refractivity contribution in [3.63, 3.8) is 0 Å². The van der Waals surface area contributed by atoms with E-state index in [-0.39, 0.29) is 11.8 Å². The van der Waals surface area contributed by atoms with Gasteiger partial charge in [0.1, 0.15) is 25.1 Å². The van der Waals surface area contributed by atoms with Crippen LogP contribution >= 0.6 is 0 Å². The predicted octanol–water partition coefficient (Wildman–Crippen LogP) is 9.91. The summed E-state index contributed by atoms with van der Waals surface area (Å²) in [7, 11) is 3.95. The van der Waals surface area contributed by atoms with Gasteiger partial charge in [0.15, 0.2) is 5.69 Å². The fourth-order valence-corrected chi connectivity index (χ4v) is 8.41. The Kier molecular flexibility index (Phi) is 18.9. The van der Waals surface area contributed by atoms with E-state index in [4.69, 9.17) is 21.5 Å². The number of aliphatic imine (C=N–C) groups is 2. The molecule has 69 heavy (non-hydrogen) atoms. The molecule has 0 aliphatic heterocycles. The van der Waals surface area contributed by atoms with Crippen molar-refractivity contribution in [1.29, 1.82) is 0 Å². The molecule has 0 spiro atoms. The quantitative estimate of drug-likeness (QED) is 0.0168. The van der Waals surface area contributed by atoms with E-state index >= 15 is 0 Å². The molecule has 2 amide bonds. The molecule has 12 nitrogen and oxygen atoms in total. The van der Waals surface area contributed by atoms with Crippen LogP contribution in [0.5, 0.6) is 0 Å². The standard InChI is InChI=1S/C57H72N10O2/c1-38-32-46(24-26-48(38)58)66-54-35-41(4)51(37-55(54)67(6)7)62-29-13-9-11-15-31-64-57(69)45-22-18-43(19-23-45)42-16-20-44(21-17-42)56(68)63-30-14-10-8-12-28-61-50-27-25-47(33-40(50)3)65-53-34-39(2)49(59)36-52(53)60-5/h16-23,26-27,32-37,60-62H,6,8-15,24-25,28-31,58-59H2,1-5,7H3,(H-,63,64,68,69)/p+2. The molecule has 4 aromatic rings. The van der Waals surface area contributed by atoms with Crippen molar-refractivity contribution in [1.82, 2.24) is 16.0 Å². The average Bonchev–Trinajstić information content (AvgIpc) is 3.33. The Bertz CT molecular complexity index is 2670. The lowest BCUT2D eigenvalue weighted by atomic mass is 10.0. The zero-order chi connectivity index (χ0) is 49.3. The van der Waals surface area contributed by atoms with E-state index in [0.29, 0.717) is 30.6 Å². The summed E-state index contributed by atoms with van der Waals surface area (Å²) in [6, 6.07) is 23.5. The van der Waals surface area contributed by atoms with Crippen LogP contribution in [-0.4, -0.2) is 74.8 Å². The Labute approximate surface area is 410 Å². The zero-order valence-corrected chi connectivity index (χ0v) is 41.7. The van der Waals surface area contributed by atoms with E-state index in [9.17, 15) is 9.59 Å². The number of nitrogen functional groups attached to an aromatic ring is 1. The molecule has 0 unspecified atom stereocenters. The zero-order valence-electron chi connectivity index (χ0n) is 41.7. The molecular formula is C57H74N10O2+2. The minimum absolute atomic E-state index is 0.0654. The van der Waals surface area contributed by atoms with Crippen LogP contribution in [0.4, 0.5) is 34.1 Å². The van der Waals surface area contributed by atoms with Gasteiger partial charge in [-0.15, -0.1) is 0 Å². The molecule has 2 aliphatic rings. The highest BCUT2D eigenvalue weighted by atomic mass is 16.2. The Morgan fingerprint density at radius 3 is 1.68 bits per heavy atom. The van der Waals surface area contributed by atoms with Crippen molar-refractivity contribution in [3.8, 4) is 11.1 Å². The van der Waals surface area contributed by atoms with Crippen LogP contribution in [0.25, 0.3) is 11.1 Å². The number of hydrogen-bond donors (Lipinski definition) is 7. The molecule has 0 saturated carbocycles. The topological polar surface area (TPSA) is 179 Å². The second-order valence-corrected chi connectivity index (χ2v) is 18.3. The van der Waals surface area contributed by atoms with E-state index in [1.54, 1.807) is 0 Å². The number of carbonyl (C=O) groups is 2. The number of carbonyl (C=O) groups excluding carboxylic acids is 2. The third kappa shape index (κ3) is 15.0. The summed E-state index contributed by atoms with van der Waals surface area (Å²) in [5.41, 5.74) is 29.5. The van der Waals surface area contributed by atoms with Gasteiger partial charge in [-0.1, -0.05) is 62.1 Å². The lowest BCUT2D eigenvalue weighted by Crippen LogP contribution is -2.72. The molecule has 2 aliphatic carbocycles. The smallest absolute Gasteiger partial charge is 0.251 e. The van der Waals surface area contributed by atoms with Crippen molar-refractivity contribution in [2.75, 3.05) is 51.3 Å². The van der Waals surface area contributed by atoms with Crippen molar-refractivity contribution < 1.29 is 19.5 Å². The van der Waals surface area contributed by atoms with Crippen molar-refractivity contribution in [2.45, 2.75) is 91.9 Å². The fraction of sp³-hybridized carbons (Fsp3) is 0.351. The number of nitrogens with one attached hydrogen (secondary N) is 4. The number of amides is 2. The van der Waals surface area contributed by atoms with Gasteiger partial charge in [0.05, 0.1) is 7.05 Å². The van der Waals surface area contributed by atoms with E-state index in [0.717, 1.165) is 150 Å². The van der Waals surface area contributed by atoms with Gasteiger partial charge < -0.3 is 38.1 Å². The predicted molar refractivity (Wildman–Crippen MR) is 289 cm³/mol. The molecular weight excluding hydrogens is 857 g/mol. The van der Waals surface area contributed by atoms with Crippen LogP contribution in [0, 0.1) is 13.8 Å². The van der Waals surface area contributed by atoms with Gasteiger partial charge in [-0.25, -0.2) is 14.6 Å². The van der Waals surface area contributed by atoms with E-state index in [2.05, 4.69) is 78.3 Å². The summed E-state index contributed by atoms with van der Waals surface area (Å²) in [5, 5.41) is 15.4. The number of rotatable bonds is 23. The van der Waals surface area contributed by atoms with Crippen LogP contribution in [0.15, 0.2) is 130 Å². The molecule has 4 aromatic carbocycles. The van der Waals surface area contributed by atoms with Crippen molar-refractivity contribution in [2.24, 2.45) is 15.7 Å². The largest absolute Gasteiger partial charge is 0.399 e. The number of hydrogen-bond acceptors (Lipinski definition) is 8. The summed E-state index contributed by atoms with van der Waals surface area (Å²) in [4.78, 5) is 35.6. The van der Waals surface area contributed by atoms with E-state index < -0.39 is 0 Å². The molecule has 12 heteroatoms. The monoisotopic (exact) mass is 931 g/mol. The average molecular weight is 931 g/mol. The summed E-state index contributed by atoms with van der Waals surface area (Å²) in [6.45, 7) is 15.4. The summed E-state index contributed by atoms with van der Waals surface area (Å²) in [6.07, 6.45) is 18.1. The molecule has 6 rings (SSSR count). The maximum Gasteiger partial charge on any atom is 0.251 e. The van der Waals surface area contributed by atoms with Crippen LogP contribution in [0.1, 0.15) is 110 Å². The Morgan fingerprint density at radius 1 is 0.638 bits per heavy atom. The molecule has 0 saturated heterocycles. The van der Waals surface area contributed by atoms with Gasteiger partial charge in [0, 0.05) is 96.5 Å². The number of nitrogens with zero attached hydrogens (tertiary/aromatic N) is 3. The summed E-state index contributed by atoms with van der Waals surface area (Å²) in [5.74, 6) is -0.137.